The van der Waals surface area contributed by atoms with Crippen LogP contribution in [-0.4, -0.2) is 24.2 Å². The molecule has 0 spiro atoms. The quantitative estimate of drug-likeness (QED) is 0.691. The predicted octanol–water partition coefficient (Wildman–Crippen LogP) is 3.37. The molecule has 0 aromatic rings. The lowest BCUT2D eigenvalue weighted by atomic mass is 10.1. The molecule has 0 N–H and O–H groups in total. The average molecular weight is 263 g/mol. The SMILES string of the molecule is CCC(CBr)COC(C)C(F)(F)F. The molecule has 0 saturated carbocycles. The molecule has 1 nitrogen and oxygen atoms in total. The van der Waals surface area contributed by atoms with Crippen molar-refractivity contribution in [2.45, 2.75) is 32.5 Å². The Morgan fingerprint density at radius 2 is 1.92 bits per heavy atom. The van der Waals surface area contributed by atoms with Gasteiger partial charge in [-0.15, -0.1) is 0 Å². The van der Waals surface area contributed by atoms with E-state index >= 15 is 0 Å². The summed E-state index contributed by atoms with van der Waals surface area (Å²) in [5, 5.41) is 0.675. The number of hydrogen-bond donors (Lipinski definition) is 0. The molecule has 0 saturated heterocycles. The maximum absolute atomic E-state index is 12.0. The third-order valence-electron chi connectivity index (χ3n) is 1.84. The molecular formula is C8H14BrF3O. The highest BCUT2D eigenvalue weighted by atomic mass is 79.9. The van der Waals surface area contributed by atoms with Crippen LogP contribution in [0.2, 0.25) is 0 Å². The molecule has 0 amide bonds. The maximum atomic E-state index is 12.0. The second-order valence-corrected chi connectivity index (χ2v) is 3.59. The largest absolute Gasteiger partial charge is 0.414 e. The first-order valence-corrected chi connectivity index (χ1v) is 5.28. The van der Waals surface area contributed by atoms with Crippen LogP contribution in [0.3, 0.4) is 0 Å². The van der Waals surface area contributed by atoms with Crippen molar-refractivity contribution in [1.29, 1.82) is 0 Å². The predicted molar refractivity (Wildman–Crippen MR) is 49.0 cm³/mol. The second kappa shape index (κ2) is 5.86. The molecule has 0 aromatic carbocycles. The van der Waals surface area contributed by atoms with Crippen LogP contribution in [0.1, 0.15) is 20.3 Å². The fourth-order valence-corrected chi connectivity index (χ4v) is 1.29. The number of alkyl halides is 4. The van der Waals surface area contributed by atoms with Crippen LogP contribution in [0.5, 0.6) is 0 Å². The molecule has 0 fully saturated rings. The molecule has 0 heterocycles. The highest BCUT2D eigenvalue weighted by Crippen LogP contribution is 2.23. The smallest absolute Gasteiger partial charge is 0.369 e. The Morgan fingerprint density at radius 3 is 2.23 bits per heavy atom. The molecule has 0 aromatic heterocycles. The van der Waals surface area contributed by atoms with E-state index in [9.17, 15) is 13.2 Å². The molecule has 80 valence electrons. The maximum Gasteiger partial charge on any atom is 0.414 e. The van der Waals surface area contributed by atoms with Gasteiger partial charge in [0.2, 0.25) is 0 Å². The summed E-state index contributed by atoms with van der Waals surface area (Å²) in [6, 6.07) is 0. The van der Waals surface area contributed by atoms with Gasteiger partial charge in [0.25, 0.3) is 0 Å². The Morgan fingerprint density at radius 1 is 1.38 bits per heavy atom. The van der Waals surface area contributed by atoms with E-state index in [1.54, 1.807) is 0 Å². The molecule has 0 rings (SSSR count). The van der Waals surface area contributed by atoms with Gasteiger partial charge in [-0.05, 0) is 12.8 Å². The first kappa shape index (κ1) is 13.2. The topological polar surface area (TPSA) is 9.23 Å². The third-order valence-corrected chi connectivity index (χ3v) is 2.75. The summed E-state index contributed by atoms with van der Waals surface area (Å²) in [5.74, 6) is 0.157. The number of ether oxygens (including phenoxy) is 1. The van der Waals surface area contributed by atoms with E-state index in [4.69, 9.17) is 4.74 Å². The van der Waals surface area contributed by atoms with Gasteiger partial charge in [0, 0.05) is 5.33 Å². The van der Waals surface area contributed by atoms with Crippen molar-refractivity contribution in [2.75, 3.05) is 11.9 Å². The van der Waals surface area contributed by atoms with Gasteiger partial charge in [-0.2, -0.15) is 13.2 Å². The van der Waals surface area contributed by atoms with Gasteiger partial charge in [0.05, 0.1) is 6.61 Å². The molecule has 0 aliphatic heterocycles. The molecule has 0 bridgehead atoms. The highest BCUT2D eigenvalue weighted by molar-refractivity contribution is 9.09. The summed E-state index contributed by atoms with van der Waals surface area (Å²) in [5.41, 5.74) is 0. The van der Waals surface area contributed by atoms with Crippen LogP contribution in [0.15, 0.2) is 0 Å². The fourth-order valence-electron chi connectivity index (χ4n) is 0.646. The minimum absolute atomic E-state index is 0.155. The lowest BCUT2D eigenvalue weighted by Crippen LogP contribution is -2.30. The molecule has 0 radical (unpaired) electrons. The average Bonchev–Trinajstić information content (AvgIpc) is 2.04. The molecule has 5 heteroatoms. The van der Waals surface area contributed by atoms with Crippen molar-refractivity contribution < 1.29 is 17.9 Å². The zero-order valence-corrected chi connectivity index (χ0v) is 9.28. The Bertz CT molecular complexity index is 134. The van der Waals surface area contributed by atoms with Gasteiger partial charge in [-0.1, -0.05) is 29.3 Å². The van der Waals surface area contributed by atoms with Crippen LogP contribution in [0, 0.1) is 5.92 Å². The monoisotopic (exact) mass is 262 g/mol. The molecule has 13 heavy (non-hydrogen) atoms. The van der Waals surface area contributed by atoms with Crippen LogP contribution in [0.25, 0.3) is 0 Å². The van der Waals surface area contributed by atoms with Gasteiger partial charge < -0.3 is 4.74 Å². The Labute approximate surface area is 84.8 Å². The van der Waals surface area contributed by atoms with E-state index in [0.717, 1.165) is 13.3 Å². The molecule has 0 aliphatic carbocycles. The first-order chi connectivity index (χ1) is 5.91. The normalized spacial score (nSPS) is 17.1. The number of halogens is 4. The van der Waals surface area contributed by atoms with E-state index in [1.165, 1.54) is 0 Å². The van der Waals surface area contributed by atoms with E-state index in [1.807, 2.05) is 6.92 Å². The second-order valence-electron chi connectivity index (χ2n) is 2.95. The fraction of sp³-hybridized carbons (Fsp3) is 1.00. The highest BCUT2D eigenvalue weighted by Gasteiger charge is 2.37. The van der Waals surface area contributed by atoms with Crippen molar-refractivity contribution in [3.8, 4) is 0 Å². The molecule has 2 atom stereocenters. The van der Waals surface area contributed by atoms with E-state index < -0.39 is 12.3 Å². The van der Waals surface area contributed by atoms with E-state index in [-0.39, 0.29) is 12.5 Å². The van der Waals surface area contributed by atoms with Crippen molar-refractivity contribution in [3.63, 3.8) is 0 Å². The minimum atomic E-state index is -4.25. The van der Waals surface area contributed by atoms with Gasteiger partial charge >= 0.3 is 6.18 Å². The van der Waals surface area contributed by atoms with Crippen molar-refractivity contribution in [2.24, 2.45) is 5.92 Å². The molecular weight excluding hydrogens is 249 g/mol. The summed E-state index contributed by atoms with van der Waals surface area (Å²) < 4.78 is 40.6. The summed E-state index contributed by atoms with van der Waals surface area (Å²) in [4.78, 5) is 0. The summed E-state index contributed by atoms with van der Waals surface area (Å²) in [6.45, 7) is 3.11. The summed E-state index contributed by atoms with van der Waals surface area (Å²) in [6.07, 6.45) is -5.10. The first-order valence-electron chi connectivity index (χ1n) is 4.16. The Hall–Kier alpha value is 0.230. The minimum Gasteiger partial charge on any atom is -0.369 e. The van der Waals surface area contributed by atoms with Crippen LogP contribution >= 0.6 is 15.9 Å². The van der Waals surface area contributed by atoms with E-state index in [2.05, 4.69) is 15.9 Å². The third kappa shape index (κ3) is 5.52. The van der Waals surface area contributed by atoms with Gasteiger partial charge in [0.15, 0.2) is 6.10 Å². The Kier molecular flexibility index (Phi) is 5.96. The molecule has 2 unspecified atom stereocenters. The van der Waals surface area contributed by atoms with Gasteiger partial charge in [0.1, 0.15) is 0 Å². The Balaban J connectivity index is 3.75. The van der Waals surface area contributed by atoms with Crippen LogP contribution in [-0.2, 0) is 4.74 Å². The van der Waals surface area contributed by atoms with Crippen LogP contribution < -0.4 is 0 Å². The van der Waals surface area contributed by atoms with Crippen molar-refractivity contribution in [3.05, 3.63) is 0 Å². The van der Waals surface area contributed by atoms with Crippen LogP contribution in [0.4, 0.5) is 13.2 Å². The standard InChI is InChI=1S/C8H14BrF3O/c1-3-7(4-9)5-13-6(2)8(10,11)12/h6-7H,3-5H2,1-2H3. The number of rotatable bonds is 5. The zero-order chi connectivity index (χ0) is 10.5. The summed E-state index contributed by atoms with van der Waals surface area (Å²) >= 11 is 3.22. The van der Waals surface area contributed by atoms with E-state index in [0.29, 0.717) is 5.33 Å². The van der Waals surface area contributed by atoms with Gasteiger partial charge in [-0.25, -0.2) is 0 Å². The zero-order valence-electron chi connectivity index (χ0n) is 7.70. The van der Waals surface area contributed by atoms with Crippen molar-refractivity contribution >= 4 is 15.9 Å². The lowest BCUT2D eigenvalue weighted by molar-refractivity contribution is -0.216. The lowest BCUT2D eigenvalue weighted by Gasteiger charge is -2.19. The molecule has 0 aliphatic rings. The summed E-state index contributed by atoms with van der Waals surface area (Å²) in [7, 11) is 0. The van der Waals surface area contributed by atoms with Gasteiger partial charge in [-0.3, -0.25) is 0 Å². The van der Waals surface area contributed by atoms with Crippen molar-refractivity contribution in [1.82, 2.24) is 0 Å². The number of hydrogen-bond acceptors (Lipinski definition) is 1.